The molecule has 2 rings (SSSR count). The van der Waals surface area contributed by atoms with Crippen LogP contribution in [-0.4, -0.2) is 38.9 Å². The molecular formula is C17H23N3O2S. The smallest absolute Gasteiger partial charge is 0.248 e. The molecule has 1 saturated heterocycles. The van der Waals surface area contributed by atoms with E-state index >= 15 is 0 Å². The van der Waals surface area contributed by atoms with Gasteiger partial charge in [-0.1, -0.05) is 18.6 Å². The highest BCUT2D eigenvalue weighted by Gasteiger charge is 2.39. The van der Waals surface area contributed by atoms with Crippen LogP contribution in [0.25, 0.3) is 0 Å². The second-order valence-corrected chi connectivity index (χ2v) is 6.93. The number of aromatic nitrogens is 1. The molecule has 0 bridgehead atoms. The Balaban J connectivity index is 2.05. The summed E-state index contributed by atoms with van der Waals surface area (Å²) in [5.74, 6) is 0.434. The van der Waals surface area contributed by atoms with Crippen LogP contribution in [0.3, 0.4) is 0 Å². The summed E-state index contributed by atoms with van der Waals surface area (Å²) in [7, 11) is 0. The Bertz CT molecular complexity index is 585. The Morgan fingerprint density at radius 1 is 1.43 bits per heavy atom. The molecule has 2 atom stereocenters. The van der Waals surface area contributed by atoms with Gasteiger partial charge in [-0.2, -0.15) is 0 Å². The predicted molar refractivity (Wildman–Crippen MR) is 92.7 cm³/mol. The Morgan fingerprint density at radius 2 is 2.22 bits per heavy atom. The molecule has 23 heavy (non-hydrogen) atoms. The average molecular weight is 333 g/mol. The van der Waals surface area contributed by atoms with Gasteiger partial charge < -0.3 is 10.2 Å². The lowest BCUT2D eigenvalue weighted by atomic mass is 10.2. The molecule has 2 unspecified atom stereocenters. The number of hydrogen-bond donors (Lipinski definition) is 1. The fourth-order valence-corrected chi connectivity index (χ4v) is 3.86. The van der Waals surface area contributed by atoms with Crippen molar-refractivity contribution in [3.63, 3.8) is 0 Å². The molecule has 2 heterocycles. The van der Waals surface area contributed by atoms with E-state index in [2.05, 4.69) is 10.3 Å². The summed E-state index contributed by atoms with van der Waals surface area (Å²) in [4.78, 5) is 30.9. The molecule has 0 spiro atoms. The van der Waals surface area contributed by atoms with Crippen molar-refractivity contribution in [2.24, 2.45) is 0 Å². The molecule has 5 nitrogen and oxygen atoms in total. The van der Waals surface area contributed by atoms with Crippen LogP contribution in [0.5, 0.6) is 0 Å². The van der Waals surface area contributed by atoms with Crippen molar-refractivity contribution in [3.05, 3.63) is 41.7 Å². The number of nitrogens with zero attached hydrogens (tertiary/aromatic N) is 2. The zero-order valence-corrected chi connectivity index (χ0v) is 14.6. The third-order valence-electron chi connectivity index (χ3n) is 3.58. The van der Waals surface area contributed by atoms with E-state index < -0.39 is 6.04 Å². The van der Waals surface area contributed by atoms with Crippen molar-refractivity contribution in [3.8, 4) is 0 Å². The summed E-state index contributed by atoms with van der Waals surface area (Å²) in [6.07, 6.45) is 4.13. The first-order valence-corrected chi connectivity index (χ1v) is 8.84. The number of amides is 2. The van der Waals surface area contributed by atoms with Gasteiger partial charge in [0.2, 0.25) is 11.8 Å². The summed E-state index contributed by atoms with van der Waals surface area (Å²) < 4.78 is 0. The summed E-state index contributed by atoms with van der Waals surface area (Å²) in [6, 6.07) is 5.17. The molecular weight excluding hydrogens is 310 g/mol. The van der Waals surface area contributed by atoms with Crippen LogP contribution in [-0.2, 0) is 16.1 Å². The normalized spacial score (nSPS) is 20.2. The molecule has 0 saturated carbocycles. The van der Waals surface area contributed by atoms with Crippen LogP contribution in [0.4, 0.5) is 0 Å². The van der Waals surface area contributed by atoms with E-state index in [1.807, 2.05) is 39.0 Å². The maximum Gasteiger partial charge on any atom is 0.248 e. The van der Waals surface area contributed by atoms with Crippen molar-refractivity contribution >= 4 is 23.6 Å². The van der Waals surface area contributed by atoms with Gasteiger partial charge in [0.1, 0.15) is 6.04 Å². The van der Waals surface area contributed by atoms with Crippen LogP contribution < -0.4 is 5.32 Å². The van der Waals surface area contributed by atoms with Crippen LogP contribution >= 0.6 is 11.8 Å². The predicted octanol–water partition coefficient (Wildman–Crippen LogP) is 2.34. The maximum atomic E-state index is 12.5. The Morgan fingerprint density at radius 3 is 2.83 bits per heavy atom. The zero-order valence-electron chi connectivity index (χ0n) is 13.8. The monoisotopic (exact) mass is 333 g/mol. The van der Waals surface area contributed by atoms with Crippen LogP contribution in [0.1, 0.15) is 32.9 Å². The van der Waals surface area contributed by atoms with E-state index in [-0.39, 0.29) is 17.2 Å². The first-order chi connectivity index (χ1) is 11.0. The van der Waals surface area contributed by atoms with Gasteiger partial charge in [-0.3, -0.25) is 14.6 Å². The van der Waals surface area contributed by atoms with Crippen LogP contribution in [0.15, 0.2) is 36.0 Å². The summed E-state index contributed by atoms with van der Waals surface area (Å²) in [6.45, 7) is 6.19. The van der Waals surface area contributed by atoms with Gasteiger partial charge in [-0.15, -0.1) is 11.8 Å². The van der Waals surface area contributed by atoms with E-state index in [4.69, 9.17) is 0 Å². The van der Waals surface area contributed by atoms with Gasteiger partial charge in [0.05, 0.1) is 17.6 Å². The lowest BCUT2D eigenvalue weighted by Gasteiger charge is -2.27. The lowest BCUT2D eigenvalue weighted by Crippen LogP contribution is -2.49. The molecule has 1 aliphatic rings. The van der Waals surface area contributed by atoms with Gasteiger partial charge in [0, 0.05) is 18.0 Å². The molecule has 2 amide bonds. The number of thioether (sulfide) groups is 1. The van der Waals surface area contributed by atoms with E-state index in [0.29, 0.717) is 12.3 Å². The zero-order chi connectivity index (χ0) is 16.8. The van der Waals surface area contributed by atoms with Crippen LogP contribution in [0, 0.1) is 0 Å². The van der Waals surface area contributed by atoms with Gasteiger partial charge in [-0.25, -0.2) is 0 Å². The number of carbonyl (C=O) groups excluding carboxylic acids is 2. The number of carbonyl (C=O) groups is 2. The van der Waals surface area contributed by atoms with Gasteiger partial charge in [-0.05, 0) is 32.4 Å². The quantitative estimate of drug-likeness (QED) is 0.840. The second kappa shape index (κ2) is 8.15. The van der Waals surface area contributed by atoms with Crippen molar-refractivity contribution < 1.29 is 9.59 Å². The minimum atomic E-state index is -0.420. The van der Waals surface area contributed by atoms with Crippen LogP contribution in [0.2, 0.25) is 0 Å². The Kier molecular flexibility index (Phi) is 6.21. The summed E-state index contributed by atoms with van der Waals surface area (Å²) in [5.41, 5.74) is 1.75. The fraction of sp³-hybridized carbons (Fsp3) is 0.471. The summed E-state index contributed by atoms with van der Waals surface area (Å²) in [5, 5.41) is 2.95. The first-order valence-electron chi connectivity index (χ1n) is 7.79. The number of nitrogens with one attached hydrogen (secondary N) is 1. The molecule has 1 aromatic heterocycles. The SMILES string of the molecule is CCC1SCC(C(=O)NCc2ccccn2)N1C(=O)C=C(C)C. The molecule has 1 aromatic rings. The maximum absolute atomic E-state index is 12.5. The average Bonchev–Trinajstić information content (AvgIpc) is 2.97. The number of rotatable bonds is 5. The highest BCUT2D eigenvalue weighted by Crippen LogP contribution is 2.31. The van der Waals surface area contributed by atoms with E-state index in [1.54, 1.807) is 28.9 Å². The second-order valence-electron chi connectivity index (χ2n) is 5.72. The molecule has 0 aliphatic carbocycles. The first kappa shape index (κ1) is 17.5. The lowest BCUT2D eigenvalue weighted by molar-refractivity contribution is -0.136. The van der Waals surface area contributed by atoms with Crippen molar-refractivity contribution in [1.29, 1.82) is 0 Å². The standard InChI is InChI=1S/C17H23N3O2S/c1-4-16-20(15(21)9-12(2)3)14(11-23-16)17(22)19-10-13-7-5-6-8-18-13/h5-9,14,16H,4,10-11H2,1-3H3,(H,19,22). The minimum absolute atomic E-state index is 0.0590. The third-order valence-corrected chi connectivity index (χ3v) is 5.03. The highest BCUT2D eigenvalue weighted by molar-refractivity contribution is 8.00. The molecule has 0 aromatic carbocycles. The fourth-order valence-electron chi connectivity index (χ4n) is 2.50. The highest BCUT2D eigenvalue weighted by atomic mass is 32.2. The van der Waals surface area contributed by atoms with E-state index in [9.17, 15) is 9.59 Å². The third kappa shape index (κ3) is 4.58. The van der Waals surface area contributed by atoms with E-state index in [0.717, 1.165) is 17.7 Å². The van der Waals surface area contributed by atoms with Crippen molar-refractivity contribution in [1.82, 2.24) is 15.2 Å². The van der Waals surface area contributed by atoms with Gasteiger partial charge >= 0.3 is 0 Å². The molecule has 124 valence electrons. The number of hydrogen-bond acceptors (Lipinski definition) is 4. The summed E-state index contributed by atoms with van der Waals surface area (Å²) >= 11 is 1.66. The van der Waals surface area contributed by atoms with Gasteiger partial charge in [0.25, 0.3) is 0 Å². The van der Waals surface area contributed by atoms with Crippen molar-refractivity contribution in [2.45, 2.75) is 45.2 Å². The largest absolute Gasteiger partial charge is 0.349 e. The Labute approximate surface area is 141 Å². The van der Waals surface area contributed by atoms with Crippen molar-refractivity contribution in [2.75, 3.05) is 5.75 Å². The minimum Gasteiger partial charge on any atom is -0.349 e. The van der Waals surface area contributed by atoms with Gasteiger partial charge in [0.15, 0.2) is 0 Å². The molecule has 6 heteroatoms. The number of allylic oxidation sites excluding steroid dienone is 1. The Hall–Kier alpha value is -1.82. The molecule has 0 radical (unpaired) electrons. The van der Waals surface area contributed by atoms with E-state index in [1.165, 1.54) is 0 Å². The number of pyridine rings is 1. The topological polar surface area (TPSA) is 62.3 Å². The molecule has 1 N–H and O–H groups in total. The molecule has 1 fully saturated rings. The molecule has 1 aliphatic heterocycles.